The van der Waals surface area contributed by atoms with Crippen LogP contribution in [0.15, 0.2) is 84.1 Å². The summed E-state index contributed by atoms with van der Waals surface area (Å²) in [5, 5.41) is 22.9. The van der Waals surface area contributed by atoms with E-state index < -0.39 is 82.9 Å². The summed E-state index contributed by atoms with van der Waals surface area (Å²) in [6.07, 6.45) is 10.4. The monoisotopic (exact) mass is 539 g/mol. The fraction of sp³-hybridized carbons (Fsp3) is 0.200. The van der Waals surface area contributed by atoms with Gasteiger partial charge in [0.25, 0.3) is 0 Å². The zero-order chi connectivity index (χ0) is 28.7. The van der Waals surface area contributed by atoms with Crippen LogP contribution < -0.4 is 42.2 Å². The Morgan fingerprint density at radius 2 is 1.60 bits per heavy atom. The molecule has 2 atom stereocenters. The van der Waals surface area contributed by atoms with E-state index in [0.29, 0.717) is 16.8 Å². The molecule has 1 spiro atoms. The normalized spacial score (nSPS) is 23.7. The molecule has 0 radical (unpaired) electrons. The lowest BCUT2D eigenvalue weighted by Gasteiger charge is -2.33. The van der Waals surface area contributed by atoms with E-state index in [4.69, 9.17) is 4.74 Å². The lowest BCUT2D eigenvalue weighted by Crippen LogP contribution is -2.51. The highest BCUT2D eigenvalue weighted by molar-refractivity contribution is 6.18. The van der Waals surface area contributed by atoms with Crippen molar-refractivity contribution in [2.24, 2.45) is 11.3 Å². The number of hydrogen-bond donors (Lipinski definition) is 3. The molecule has 0 bridgehead atoms. The van der Waals surface area contributed by atoms with Crippen LogP contribution in [0.5, 0.6) is 5.75 Å². The quantitative estimate of drug-likeness (QED) is 0.342. The van der Waals surface area contributed by atoms with Gasteiger partial charge in [0.15, 0.2) is 17.0 Å². The summed E-state index contributed by atoms with van der Waals surface area (Å²) in [7, 11) is 1.12. The molecule has 0 saturated heterocycles. The van der Waals surface area contributed by atoms with Crippen LogP contribution >= 0.6 is 0 Å². The van der Waals surface area contributed by atoms with Crippen molar-refractivity contribution in [3.05, 3.63) is 127 Å². The van der Waals surface area contributed by atoms with Crippen LogP contribution in [0.2, 0.25) is 0 Å². The van der Waals surface area contributed by atoms with E-state index >= 15 is 0 Å². The van der Waals surface area contributed by atoms with Gasteiger partial charge in [0.05, 0.1) is 28.0 Å². The average Bonchev–Trinajstić information content (AvgIpc) is 3.40. The Morgan fingerprint density at radius 1 is 0.925 bits per heavy atom. The number of nitrogens with one attached hydrogen (secondary N) is 1. The van der Waals surface area contributed by atoms with Gasteiger partial charge < -0.3 is 20.3 Å². The third-order valence-corrected chi connectivity index (χ3v) is 8.00. The summed E-state index contributed by atoms with van der Waals surface area (Å²) >= 11 is 0. The standard InChI is InChI=1S/C30H21NO9/c1-3-4-5-6-14-10-13-9-12-7-8-30(22(12)26(36)17(13)29(39)31-14)27(37)20-21(28(30)38)25(35)19-18(24(20)34)15(32)11-16(40-2)23(19)33/h3-6,9-11,17,37-38H,7-8H2,1-2H3,(H,31,39). The number of allylic oxidation sites excluding steroid dienone is 7. The van der Waals surface area contributed by atoms with Crippen LogP contribution in [0.1, 0.15) is 19.8 Å². The Labute approximate surface area is 223 Å². The zero-order valence-electron chi connectivity index (χ0n) is 21.3. The average molecular weight is 539 g/mol. The third-order valence-electron chi connectivity index (χ3n) is 8.00. The smallest absolute Gasteiger partial charge is 0.239 e. The van der Waals surface area contributed by atoms with E-state index in [0.717, 1.165) is 13.2 Å². The highest BCUT2D eigenvalue weighted by atomic mass is 16.5. The van der Waals surface area contributed by atoms with Crippen LogP contribution in [-0.2, 0) is 9.59 Å². The van der Waals surface area contributed by atoms with Crippen LogP contribution in [0.4, 0.5) is 0 Å². The first-order valence-electron chi connectivity index (χ1n) is 12.5. The van der Waals surface area contributed by atoms with Gasteiger partial charge in [-0.15, -0.1) is 0 Å². The Kier molecular flexibility index (Phi) is 5.31. The van der Waals surface area contributed by atoms with Gasteiger partial charge in [-0.3, -0.25) is 28.8 Å². The van der Waals surface area contributed by atoms with Crippen LogP contribution in [0.3, 0.4) is 0 Å². The summed E-state index contributed by atoms with van der Waals surface area (Å²) in [5.74, 6) is -4.56. The maximum Gasteiger partial charge on any atom is 0.239 e. The first-order valence-corrected chi connectivity index (χ1v) is 12.5. The molecule has 1 heterocycles. The number of hydrogen-bond acceptors (Lipinski definition) is 9. The maximum atomic E-state index is 13.9. The fourth-order valence-corrected chi connectivity index (χ4v) is 6.28. The van der Waals surface area contributed by atoms with E-state index in [1.54, 1.807) is 30.4 Å². The van der Waals surface area contributed by atoms with Crippen molar-refractivity contribution in [2.75, 3.05) is 7.11 Å². The zero-order valence-corrected chi connectivity index (χ0v) is 21.3. The number of methoxy groups -OCH3 is 1. The van der Waals surface area contributed by atoms with E-state index in [2.05, 4.69) is 5.32 Å². The molecule has 200 valence electrons. The van der Waals surface area contributed by atoms with Gasteiger partial charge in [0.2, 0.25) is 22.2 Å². The van der Waals surface area contributed by atoms with Crippen LogP contribution in [0.25, 0.3) is 11.5 Å². The summed E-state index contributed by atoms with van der Waals surface area (Å²) < 4.78 is 4.88. The van der Waals surface area contributed by atoms with Gasteiger partial charge >= 0.3 is 0 Å². The minimum atomic E-state index is -1.97. The number of ketones is 1. The van der Waals surface area contributed by atoms with Gasteiger partial charge in [-0.1, -0.05) is 24.3 Å². The first-order chi connectivity index (χ1) is 19.1. The maximum absolute atomic E-state index is 13.9. The van der Waals surface area contributed by atoms with Crippen molar-refractivity contribution in [3.63, 3.8) is 0 Å². The number of ether oxygens (including phenoxy) is 1. The molecule has 0 aromatic heterocycles. The number of fused-ring (bicyclic) bond motifs is 3. The number of aliphatic hydroxyl groups is 2. The largest absolute Gasteiger partial charge is 0.510 e. The van der Waals surface area contributed by atoms with Crippen molar-refractivity contribution in [3.8, 4) is 5.75 Å². The molecule has 40 heavy (non-hydrogen) atoms. The predicted octanol–water partition coefficient (Wildman–Crippen LogP) is -0.570. The molecule has 6 rings (SSSR count). The molecular formula is C30H21NO9. The SMILES string of the molecule is CC=CC=CC1=CC2=CC3=C(C(=O)C2C(=O)N1)C1(CC3)C(O)=c2c(=O)c3c(=O)cc(OC)c(=O)c=3c(=O)c2=C1O. The Balaban J connectivity index is 1.66. The van der Waals surface area contributed by atoms with E-state index in [1.165, 1.54) is 0 Å². The third kappa shape index (κ3) is 2.98. The molecule has 3 N–H and O–H groups in total. The van der Waals surface area contributed by atoms with Crippen molar-refractivity contribution in [2.45, 2.75) is 19.8 Å². The topological polar surface area (TPSA) is 164 Å². The molecule has 1 amide bonds. The Hall–Kier alpha value is -5.12. The lowest BCUT2D eigenvalue weighted by atomic mass is 9.70. The fourth-order valence-electron chi connectivity index (χ4n) is 6.28. The molecule has 1 aliphatic heterocycles. The lowest BCUT2D eigenvalue weighted by molar-refractivity contribution is -0.130. The molecule has 0 aromatic rings. The minimum absolute atomic E-state index is 0.0847. The van der Waals surface area contributed by atoms with Gasteiger partial charge in [0, 0.05) is 17.3 Å². The van der Waals surface area contributed by atoms with E-state index in [1.807, 2.05) is 13.0 Å². The second kappa shape index (κ2) is 8.44. The van der Waals surface area contributed by atoms with Gasteiger partial charge in [-0.25, -0.2) is 0 Å². The summed E-state index contributed by atoms with van der Waals surface area (Å²) in [6.45, 7) is 1.84. The molecule has 10 nitrogen and oxygen atoms in total. The molecule has 6 aliphatic rings. The van der Waals surface area contributed by atoms with Crippen molar-refractivity contribution in [1.82, 2.24) is 5.32 Å². The number of carbonyl (C=O) groups is 2. The summed E-state index contributed by atoms with van der Waals surface area (Å²) in [5.41, 5.74) is -4.94. The van der Waals surface area contributed by atoms with Crippen molar-refractivity contribution < 1.29 is 24.5 Å². The van der Waals surface area contributed by atoms with E-state index in [9.17, 15) is 39.0 Å². The summed E-state index contributed by atoms with van der Waals surface area (Å²) in [6, 6.07) is 0.785. The molecule has 0 aromatic carbocycles. The molecule has 0 saturated carbocycles. The molecule has 10 heteroatoms. The van der Waals surface area contributed by atoms with Crippen molar-refractivity contribution in [1.29, 1.82) is 0 Å². The minimum Gasteiger partial charge on any atom is -0.510 e. The predicted molar refractivity (Wildman–Crippen MR) is 143 cm³/mol. The highest BCUT2D eigenvalue weighted by Gasteiger charge is 2.57. The Morgan fingerprint density at radius 3 is 2.25 bits per heavy atom. The number of carbonyl (C=O) groups excluding carboxylic acids is 2. The number of amides is 1. The number of Topliss-reactive ketones (excluding diaryl/α,β-unsaturated/α-hetero) is 1. The Bertz CT molecular complexity index is 2170. The van der Waals surface area contributed by atoms with Gasteiger partial charge in [0.1, 0.15) is 22.9 Å². The second-order valence-electron chi connectivity index (χ2n) is 9.98. The number of rotatable bonds is 3. The molecular weight excluding hydrogens is 518 g/mol. The first kappa shape index (κ1) is 25.2. The van der Waals surface area contributed by atoms with Crippen LogP contribution in [-0.4, -0.2) is 29.0 Å². The molecule has 2 unspecified atom stereocenters. The van der Waals surface area contributed by atoms with Gasteiger partial charge in [-0.05, 0) is 43.1 Å². The molecule has 0 fully saturated rings. The van der Waals surface area contributed by atoms with E-state index in [-0.39, 0.29) is 18.4 Å². The van der Waals surface area contributed by atoms with Crippen molar-refractivity contribution >= 4 is 23.2 Å². The number of aliphatic hydroxyl groups excluding tert-OH is 2. The second-order valence-corrected chi connectivity index (χ2v) is 9.98. The van der Waals surface area contributed by atoms with Gasteiger partial charge in [-0.2, -0.15) is 0 Å². The molecule has 5 aliphatic carbocycles. The summed E-state index contributed by atoms with van der Waals surface area (Å²) in [4.78, 5) is 79.6. The van der Waals surface area contributed by atoms with Crippen LogP contribution in [0, 0.1) is 21.8 Å². The highest BCUT2D eigenvalue weighted by Crippen LogP contribution is 2.56.